The monoisotopic (exact) mass is 415 g/mol. The van der Waals surface area contributed by atoms with Crippen LogP contribution >= 0.6 is 0 Å². The van der Waals surface area contributed by atoms with Crippen molar-refractivity contribution in [2.24, 2.45) is 0 Å². The number of nitrogens with one attached hydrogen (secondary N) is 1. The molecule has 5 heteroatoms. The average molecular weight is 415 g/mol. The summed E-state index contributed by atoms with van der Waals surface area (Å²) in [5, 5.41) is 1.09. The summed E-state index contributed by atoms with van der Waals surface area (Å²) in [5.74, 6) is 1.99. The molecular formula is C26H25NO4. The van der Waals surface area contributed by atoms with Crippen molar-refractivity contribution < 1.29 is 19.0 Å². The van der Waals surface area contributed by atoms with Crippen molar-refractivity contribution >= 4 is 16.7 Å². The second-order valence-corrected chi connectivity index (χ2v) is 7.31. The molecular weight excluding hydrogens is 390 g/mol. The molecule has 0 aliphatic rings. The summed E-state index contributed by atoms with van der Waals surface area (Å²) in [6.07, 6.45) is 2.29. The molecule has 0 fully saturated rings. The lowest BCUT2D eigenvalue weighted by atomic mass is 9.85. The van der Waals surface area contributed by atoms with E-state index in [1.807, 2.05) is 54.7 Å². The molecule has 1 atom stereocenters. The summed E-state index contributed by atoms with van der Waals surface area (Å²) in [5.41, 5.74) is 3.68. The van der Waals surface area contributed by atoms with E-state index in [0.717, 1.165) is 27.8 Å². The smallest absolute Gasteiger partial charge is 0.163 e. The van der Waals surface area contributed by atoms with Crippen LogP contribution in [0, 0.1) is 0 Å². The molecule has 0 aliphatic heterocycles. The van der Waals surface area contributed by atoms with Gasteiger partial charge in [0, 0.05) is 46.6 Å². The number of methoxy groups -OCH3 is 3. The van der Waals surface area contributed by atoms with E-state index in [2.05, 4.69) is 11.1 Å². The molecule has 1 unspecified atom stereocenters. The Morgan fingerprint density at radius 2 is 1.55 bits per heavy atom. The number of H-pyrrole nitrogens is 1. The van der Waals surface area contributed by atoms with E-state index in [1.165, 1.54) is 0 Å². The van der Waals surface area contributed by atoms with E-state index in [0.29, 0.717) is 23.5 Å². The number of hydrogen-bond donors (Lipinski definition) is 1. The molecule has 0 aliphatic carbocycles. The van der Waals surface area contributed by atoms with Crippen LogP contribution in [-0.4, -0.2) is 32.1 Å². The van der Waals surface area contributed by atoms with Crippen LogP contribution in [0.2, 0.25) is 0 Å². The topological polar surface area (TPSA) is 60.6 Å². The van der Waals surface area contributed by atoms with Crippen LogP contribution in [0.4, 0.5) is 0 Å². The lowest BCUT2D eigenvalue weighted by Gasteiger charge is -2.20. The molecule has 1 N–H and O–H groups in total. The van der Waals surface area contributed by atoms with Crippen molar-refractivity contribution in [1.82, 2.24) is 4.98 Å². The van der Waals surface area contributed by atoms with Crippen LogP contribution in [0.5, 0.6) is 17.2 Å². The van der Waals surface area contributed by atoms with Gasteiger partial charge in [-0.15, -0.1) is 0 Å². The lowest BCUT2D eigenvalue weighted by molar-refractivity contribution is 0.0977. The quantitative estimate of drug-likeness (QED) is 0.381. The van der Waals surface area contributed by atoms with Crippen LogP contribution < -0.4 is 14.2 Å². The molecule has 3 aromatic carbocycles. The van der Waals surface area contributed by atoms with Crippen molar-refractivity contribution in [1.29, 1.82) is 0 Å². The zero-order valence-corrected chi connectivity index (χ0v) is 17.8. The van der Waals surface area contributed by atoms with E-state index in [4.69, 9.17) is 14.2 Å². The summed E-state index contributed by atoms with van der Waals surface area (Å²) < 4.78 is 16.3. The molecule has 0 saturated heterocycles. The highest BCUT2D eigenvalue weighted by atomic mass is 16.5. The molecule has 4 aromatic rings. The lowest BCUT2D eigenvalue weighted by Crippen LogP contribution is -2.10. The van der Waals surface area contributed by atoms with Crippen LogP contribution in [-0.2, 0) is 0 Å². The summed E-state index contributed by atoms with van der Waals surface area (Å²) >= 11 is 0. The normalized spacial score (nSPS) is 11.8. The minimum absolute atomic E-state index is 0.0517. The molecule has 0 saturated carbocycles. The van der Waals surface area contributed by atoms with E-state index in [-0.39, 0.29) is 11.7 Å². The number of ether oxygens (including phenoxy) is 3. The van der Waals surface area contributed by atoms with Crippen LogP contribution in [0.25, 0.3) is 10.9 Å². The third-order valence-electron chi connectivity index (χ3n) is 5.61. The number of para-hydroxylation sites is 1. The van der Waals surface area contributed by atoms with E-state index in [1.54, 1.807) is 33.5 Å². The Bertz CT molecular complexity index is 1190. The van der Waals surface area contributed by atoms with Gasteiger partial charge in [0.15, 0.2) is 5.78 Å². The SMILES string of the molecule is COc1ccc(C(=O)CC(c2ccc(OC)cc2OC)c2c[nH]c3ccccc23)cc1. The van der Waals surface area contributed by atoms with Gasteiger partial charge in [-0.2, -0.15) is 0 Å². The first-order valence-corrected chi connectivity index (χ1v) is 10.1. The summed E-state index contributed by atoms with van der Waals surface area (Å²) in [4.78, 5) is 16.6. The molecule has 31 heavy (non-hydrogen) atoms. The predicted molar refractivity (Wildman–Crippen MR) is 122 cm³/mol. The largest absolute Gasteiger partial charge is 0.497 e. The van der Waals surface area contributed by atoms with Gasteiger partial charge in [-0.3, -0.25) is 4.79 Å². The van der Waals surface area contributed by atoms with E-state index < -0.39 is 0 Å². The number of aromatic amines is 1. The van der Waals surface area contributed by atoms with Gasteiger partial charge < -0.3 is 19.2 Å². The molecule has 4 rings (SSSR count). The van der Waals surface area contributed by atoms with E-state index >= 15 is 0 Å². The molecule has 0 bridgehead atoms. The molecule has 0 amide bonds. The van der Waals surface area contributed by atoms with E-state index in [9.17, 15) is 4.79 Å². The highest BCUT2D eigenvalue weighted by Gasteiger charge is 2.25. The summed E-state index contributed by atoms with van der Waals surface area (Å²) in [6.45, 7) is 0. The Hall–Kier alpha value is -3.73. The average Bonchev–Trinajstić information content (AvgIpc) is 3.26. The first kappa shape index (κ1) is 20.5. The van der Waals surface area contributed by atoms with Crippen LogP contribution in [0.15, 0.2) is 72.9 Å². The van der Waals surface area contributed by atoms with Gasteiger partial charge in [0.2, 0.25) is 0 Å². The Morgan fingerprint density at radius 3 is 2.26 bits per heavy atom. The molecule has 1 aromatic heterocycles. The summed E-state index contributed by atoms with van der Waals surface area (Å²) in [6, 6.07) is 21.1. The fraction of sp³-hybridized carbons (Fsp3) is 0.192. The first-order chi connectivity index (χ1) is 15.1. The van der Waals surface area contributed by atoms with Crippen molar-refractivity contribution in [2.45, 2.75) is 12.3 Å². The minimum atomic E-state index is -0.188. The summed E-state index contributed by atoms with van der Waals surface area (Å²) in [7, 11) is 4.87. The van der Waals surface area contributed by atoms with Crippen molar-refractivity contribution in [3.8, 4) is 17.2 Å². The van der Waals surface area contributed by atoms with Gasteiger partial charge in [0.25, 0.3) is 0 Å². The second-order valence-electron chi connectivity index (χ2n) is 7.31. The minimum Gasteiger partial charge on any atom is -0.497 e. The number of hydrogen-bond acceptors (Lipinski definition) is 4. The maximum absolute atomic E-state index is 13.3. The fourth-order valence-corrected chi connectivity index (χ4v) is 3.96. The van der Waals surface area contributed by atoms with Gasteiger partial charge in [-0.05, 0) is 42.0 Å². The standard InChI is InChI=1S/C26H25NO4/c1-29-18-10-8-17(9-11-18)25(28)15-22(21-13-12-19(30-2)14-26(21)31-3)23-16-27-24-7-5-4-6-20(23)24/h4-14,16,22,27H,15H2,1-3H3. The van der Waals surface area contributed by atoms with Crippen LogP contribution in [0.3, 0.4) is 0 Å². The third kappa shape index (κ3) is 4.12. The highest BCUT2D eigenvalue weighted by molar-refractivity contribution is 5.97. The maximum atomic E-state index is 13.3. The Labute approximate surface area is 181 Å². The number of Topliss-reactive ketones (excluding diaryl/α,β-unsaturated/α-hetero) is 1. The maximum Gasteiger partial charge on any atom is 0.163 e. The van der Waals surface area contributed by atoms with Gasteiger partial charge in [0.05, 0.1) is 21.3 Å². The number of carbonyl (C=O) groups excluding carboxylic acids is 1. The zero-order chi connectivity index (χ0) is 21.8. The molecule has 5 nitrogen and oxygen atoms in total. The Balaban J connectivity index is 1.78. The Morgan fingerprint density at radius 1 is 0.839 bits per heavy atom. The number of ketones is 1. The first-order valence-electron chi connectivity index (χ1n) is 10.1. The van der Waals surface area contributed by atoms with Crippen molar-refractivity contribution in [2.75, 3.05) is 21.3 Å². The van der Waals surface area contributed by atoms with Crippen molar-refractivity contribution in [3.63, 3.8) is 0 Å². The second kappa shape index (κ2) is 8.96. The van der Waals surface area contributed by atoms with Gasteiger partial charge in [-0.1, -0.05) is 24.3 Å². The van der Waals surface area contributed by atoms with Gasteiger partial charge in [0.1, 0.15) is 17.2 Å². The third-order valence-corrected chi connectivity index (χ3v) is 5.61. The van der Waals surface area contributed by atoms with Gasteiger partial charge in [-0.25, -0.2) is 0 Å². The number of rotatable bonds is 8. The zero-order valence-electron chi connectivity index (χ0n) is 17.8. The predicted octanol–water partition coefficient (Wildman–Crippen LogP) is 5.60. The van der Waals surface area contributed by atoms with Crippen LogP contribution in [0.1, 0.15) is 33.8 Å². The number of carbonyl (C=O) groups is 1. The number of aromatic nitrogens is 1. The van der Waals surface area contributed by atoms with Gasteiger partial charge >= 0.3 is 0 Å². The Kier molecular flexibility index (Phi) is 5.94. The number of fused-ring (bicyclic) bond motifs is 1. The number of benzene rings is 3. The molecule has 0 spiro atoms. The highest BCUT2D eigenvalue weighted by Crippen LogP contribution is 2.40. The molecule has 1 heterocycles. The molecule has 0 radical (unpaired) electrons. The fourth-order valence-electron chi connectivity index (χ4n) is 3.96. The molecule has 158 valence electrons. The van der Waals surface area contributed by atoms with Crippen molar-refractivity contribution in [3.05, 3.63) is 89.6 Å².